The molecule has 1 aliphatic rings. The van der Waals surface area contributed by atoms with Crippen LogP contribution in [0.4, 0.5) is 4.39 Å². The zero-order valence-electron chi connectivity index (χ0n) is 8.70. The van der Waals surface area contributed by atoms with Crippen LogP contribution >= 0.6 is 11.6 Å². The summed E-state index contributed by atoms with van der Waals surface area (Å²) >= 11 is 5.83. The lowest BCUT2D eigenvalue weighted by atomic mass is 10.1. The molecule has 1 saturated heterocycles. The number of hydroxylamine groups is 2. The lowest BCUT2D eigenvalue weighted by Gasteiger charge is -2.29. The molecule has 0 amide bonds. The van der Waals surface area contributed by atoms with Gasteiger partial charge in [0.2, 0.25) is 0 Å². The number of piperidine rings is 1. The van der Waals surface area contributed by atoms with Crippen molar-refractivity contribution in [1.29, 1.82) is 0 Å². The number of hydrogen-bond donors (Lipinski definition) is 1. The van der Waals surface area contributed by atoms with Gasteiger partial charge < -0.3 is 9.94 Å². The first-order valence-electron chi connectivity index (χ1n) is 5.21. The molecule has 0 radical (unpaired) electrons. The highest BCUT2D eigenvalue weighted by Crippen LogP contribution is 2.26. The highest BCUT2D eigenvalue weighted by atomic mass is 35.5. The first-order valence-corrected chi connectivity index (χ1v) is 5.59. The number of hydrogen-bond acceptors (Lipinski definition) is 3. The van der Waals surface area contributed by atoms with Crippen molar-refractivity contribution in [2.75, 3.05) is 13.1 Å². The van der Waals surface area contributed by atoms with Crippen molar-refractivity contribution in [1.82, 2.24) is 5.06 Å². The Balaban J connectivity index is 2.02. The summed E-state index contributed by atoms with van der Waals surface area (Å²) < 4.78 is 12.8. The normalized spacial score (nSPS) is 22.1. The highest BCUT2D eigenvalue weighted by Gasteiger charge is 2.19. The van der Waals surface area contributed by atoms with E-state index in [0.717, 1.165) is 19.4 Å². The molecule has 1 N–H and O–H groups in total. The molecule has 1 aliphatic heterocycles. The molecule has 0 aliphatic carbocycles. The van der Waals surface area contributed by atoms with E-state index in [4.69, 9.17) is 16.4 Å². The van der Waals surface area contributed by atoms with Gasteiger partial charge in [-0.05, 0) is 31.0 Å². The molecule has 1 unspecified atom stereocenters. The van der Waals surface area contributed by atoms with Crippen LogP contribution in [0.25, 0.3) is 0 Å². The fraction of sp³-hybridized carbons (Fsp3) is 0.455. The van der Waals surface area contributed by atoms with Gasteiger partial charge in [0.25, 0.3) is 0 Å². The van der Waals surface area contributed by atoms with Gasteiger partial charge in [0, 0.05) is 6.54 Å². The molecule has 0 saturated carbocycles. The minimum Gasteiger partial charge on any atom is -0.404 e. The van der Waals surface area contributed by atoms with Crippen molar-refractivity contribution < 1.29 is 14.3 Å². The number of aliphatic hydroxyl groups excluding tert-OH is 1. The van der Waals surface area contributed by atoms with Gasteiger partial charge in [-0.25, -0.2) is 4.39 Å². The third-order valence-corrected chi connectivity index (χ3v) is 2.78. The smallest absolute Gasteiger partial charge is 0.166 e. The van der Waals surface area contributed by atoms with E-state index in [1.165, 1.54) is 18.2 Å². The standard InChI is InChI=1S/C11H13ClFNO2/c12-10-6-8(13)3-4-11(10)16-14-5-1-2-9(15)7-14/h3-4,6,9,15H,1-2,5,7H2. The van der Waals surface area contributed by atoms with Crippen LogP contribution in [-0.4, -0.2) is 29.4 Å². The first-order chi connectivity index (χ1) is 7.65. The molecule has 1 fully saturated rings. The molecule has 0 aromatic heterocycles. The third-order valence-electron chi connectivity index (χ3n) is 2.48. The Morgan fingerprint density at radius 2 is 2.31 bits per heavy atom. The molecule has 1 aromatic rings. The van der Waals surface area contributed by atoms with Gasteiger partial charge in [0.1, 0.15) is 5.82 Å². The molecule has 16 heavy (non-hydrogen) atoms. The van der Waals surface area contributed by atoms with Crippen LogP contribution in [-0.2, 0) is 0 Å². The van der Waals surface area contributed by atoms with Crippen molar-refractivity contribution in [2.24, 2.45) is 0 Å². The van der Waals surface area contributed by atoms with Gasteiger partial charge in [0.05, 0.1) is 17.7 Å². The third kappa shape index (κ3) is 2.84. The molecule has 0 spiro atoms. The van der Waals surface area contributed by atoms with E-state index in [9.17, 15) is 9.50 Å². The summed E-state index contributed by atoms with van der Waals surface area (Å²) in [7, 11) is 0. The maximum atomic E-state index is 12.8. The van der Waals surface area contributed by atoms with Gasteiger partial charge in [-0.15, -0.1) is 5.06 Å². The van der Waals surface area contributed by atoms with Gasteiger partial charge in [0.15, 0.2) is 5.75 Å². The van der Waals surface area contributed by atoms with Gasteiger partial charge in [-0.3, -0.25) is 0 Å². The van der Waals surface area contributed by atoms with E-state index < -0.39 is 5.82 Å². The Labute approximate surface area is 98.3 Å². The maximum absolute atomic E-state index is 12.8. The Morgan fingerprint density at radius 3 is 3.00 bits per heavy atom. The Bertz CT molecular complexity index is 375. The zero-order valence-corrected chi connectivity index (χ0v) is 9.45. The lowest BCUT2D eigenvalue weighted by Crippen LogP contribution is -2.40. The molecule has 1 heterocycles. The molecule has 2 rings (SSSR count). The average Bonchev–Trinajstić information content (AvgIpc) is 2.22. The molecule has 1 atom stereocenters. The van der Waals surface area contributed by atoms with E-state index in [1.807, 2.05) is 0 Å². The summed E-state index contributed by atoms with van der Waals surface area (Å²) in [5, 5.41) is 11.3. The predicted molar refractivity (Wildman–Crippen MR) is 58.9 cm³/mol. The minimum absolute atomic E-state index is 0.236. The number of benzene rings is 1. The number of rotatable bonds is 2. The molecule has 5 heteroatoms. The Hall–Kier alpha value is -0.840. The summed E-state index contributed by atoms with van der Waals surface area (Å²) in [6, 6.07) is 3.98. The Morgan fingerprint density at radius 1 is 1.50 bits per heavy atom. The average molecular weight is 246 g/mol. The van der Waals surface area contributed by atoms with Crippen LogP contribution in [0.15, 0.2) is 18.2 Å². The minimum atomic E-state index is -0.393. The number of halogens is 2. The molecular formula is C11H13ClFNO2. The second kappa shape index (κ2) is 4.99. The second-order valence-electron chi connectivity index (χ2n) is 3.85. The predicted octanol–water partition coefficient (Wildman–Crippen LogP) is 2.23. The fourth-order valence-corrected chi connectivity index (χ4v) is 1.89. The maximum Gasteiger partial charge on any atom is 0.166 e. The van der Waals surface area contributed by atoms with E-state index in [2.05, 4.69) is 0 Å². The van der Waals surface area contributed by atoms with Crippen molar-refractivity contribution >= 4 is 11.6 Å². The second-order valence-corrected chi connectivity index (χ2v) is 4.26. The van der Waals surface area contributed by atoms with Gasteiger partial charge in [-0.1, -0.05) is 11.6 Å². The van der Waals surface area contributed by atoms with E-state index in [-0.39, 0.29) is 11.1 Å². The van der Waals surface area contributed by atoms with E-state index in [1.54, 1.807) is 5.06 Å². The van der Waals surface area contributed by atoms with E-state index in [0.29, 0.717) is 12.3 Å². The summed E-state index contributed by atoms with van der Waals surface area (Å²) in [6.45, 7) is 1.19. The lowest BCUT2D eigenvalue weighted by molar-refractivity contribution is -0.105. The molecule has 0 bridgehead atoms. The monoisotopic (exact) mass is 245 g/mol. The first kappa shape index (κ1) is 11.6. The van der Waals surface area contributed by atoms with Crippen molar-refractivity contribution in [3.8, 4) is 5.75 Å². The van der Waals surface area contributed by atoms with Crippen LogP contribution < -0.4 is 4.84 Å². The van der Waals surface area contributed by atoms with Crippen LogP contribution in [0.2, 0.25) is 5.02 Å². The van der Waals surface area contributed by atoms with E-state index >= 15 is 0 Å². The zero-order chi connectivity index (χ0) is 11.5. The molecule has 88 valence electrons. The topological polar surface area (TPSA) is 32.7 Å². The quantitative estimate of drug-likeness (QED) is 0.867. The Kier molecular flexibility index (Phi) is 3.63. The van der Waals surface area contributed by atoms with Crippen molar-refractivity contribution in [3.05, 3.63) is 29.0 Å². The fourth-order valence-electron chi connectivity index (χ4n) is 1.69. The largest absolute Gasteiger partial charge is 0.404 e. The van der Waals surface area contributed by atoms with Crippen LogP contribution in [0.3, 0.4) is 0 Å². The summed E-state index contributed by atoms with van der Waals surface area (Å²) in [5.41, 5.74) is 0. The number of nitrogens with zero attached hydrogens (tertiary/aromatic N) is 1. The van der Waals surface area contributed by atoms with Gasteiger partial charge in [-0.2, -0.15) is 0 Å². The van der Waals surface area contributed by atoms with Crippen molar-refractivity contribution in [3.63, 3.8) is 0 Å². The summed E-state index contributed by atoms with van der Waals surface area (Å²) in [5.74, 6) is 0.0215. The van der Waals surface area contributed by atoms with Crippen LogP contribution in [0.5, 0.6) is 5.75 Å². The highest BCUT2D eigenvalue weighted by molar-refractivity contribution is 6.32. The van der Waals surface area contributed by atoms with Crippen molar-refractivity contribution in [2.45, 2.75) is 18.9 Å². The van der Waals surface area contributed by atoms with Crippen LogP contribution in [0, 0.1) is 5.82 Å². The summed E-state index contributed by atoms with van der Waals surface area (Å²) in [4.78, 5) is 5.49. The van der Waals surface area contributed by atoms with Crippen LogP contribution in [0.1, 0.15) is 12.8 Å². The molecule has 3 nitrogen and oxygen atoms in total. The number of aliphatic hydroxyl groups is 1. The van der Waals surface area contributed by atoms with Gasteiger partial charge >= 0.3 is 0 Å². The summed E-state index contributed by atoms with van der Waals surface area (Å²) in [6.07, 6.45) is 1.30. The molecular weight excluding hydrogens is 233 g/mol. The molecule has 1 aromatic carbocycles. The number of β-amino-alcohol motifs (C(OH)–C–C–N with tert-alkyl or cyclic N) is 1. The SMILES string of the molecule is OC1CCCN(Oc2ccc(F)cc2Cl)C1.